The van der Waals surface area contributed by atoms with Crippen LogP contribution in [0.5, 0.6) is 5.75 Å². The van der Waals surface area contributed by atoms with Gasteiger partial charge in [-0.25, -0.2) is 4.79 Å². The number of carbonyl (C=O) groups is 2. The van der Waals surface area contributed by atoms with Gasteiger partial charge >= 0.3 is 11.9 Å². The van der Waals surface area contributed by atoms with Gasteiger partial charge in [0.15, 0.2) is 5.75 Å². The maximum Gasteiger partial charge on any atom is 0.384 e. The summed E-state index contributed by atoms with van der Waals surface area (Å²) in [5.41, 5.74) is 0.586. The van der Waals surface area contributed by atoms with Crippen LogP contribution in [0, 0.1) is 11.8 Å². The molecule has 0 fully saturated rings. The molecule has 0 atom stereocenters. The van der Waals surface area contributed by atoms with Gasteiger partial charge < -0.3 is 9.47 Å². The van der Waals surface area contributed by atoms with E-state index in [1.165, 1.54) is 6.92 Å². The quantitative estimate of drug-likeness (QED) is 0.443. The molecule has 1 aromatic rings. The van der Waals surface area contributed by atoms with Crippen LogP contribution in [-0.2, 0) is 14.3 Å². The molecule has 0 aliphatic carbocycles. The van der Waals surface area contributed by atoms with Gasteiger partial charge in [0.25, 0.3) is 0 Å². The molecule has 19 heavy (non-hydrogen) atoms. The molecule has 0 aliphatic heterocycles. The largest absolute Gasteiger partial charge is 0.456 e. The van der Waals surface area contributed by atoms with Gasteiger partial charge in [0.2, 0.25) is 0 Å². The lowest BCUT2D eigenvalue weighted by Crippen LogP contribution is -2.03. The van der Waals surface area contributed by atoms with Crippen LogP contribution in [0.2, 0.25) is 0 Å². The Morgan fingerprint density at radius 3 is 2.32 bits per heavy atom. The van der Waals surface area contributed by atoms with Crippen molar-refractivity contribution in [2.45, 2.75) is 13.8 Å². The minimum atomic E-state index is -0.584. The van der Waals surface area contributed by atoms with Crippen LogP contribution in [0.25, 0.3) is 0 Å². The van der Waals surface area contributed by atoms with Gasteiger partial charge in [0.1, 0.15) is 0 Å². The Balaban J connectivity index is 3.01. The second kappa shape index (κ2) is 7.31. The molecule has 0 saturated carbocycles. The van der Waals surface area contributed by atoms with Crippen LogP contribution >= 0.6 is 31.9 Å². The molecular formula is C13H10Br2O4. The average molecular weight is 390 g/mol. The van der Waals surface area contributed by atoms with Gasteiger partial charge in [-0.1, -0.05) is 5.92 Å². The van der Waals surface area contributed by atoms with Crippen molar-refractivity contribution in [3.05, 3.63) is 26.6 Å². The van der Waals surface area contributed by atoms with Crippen molar-refractivity contribution in [1.82, 2.24) is 0 Å². The van der Waals surface area contributed by atoms with Gasteiger partial charge in [-0.2, -0.15) is 0 Å². The standard InChI is InChI=1S/C13H10Br2O4/c1-3-18-12(17)5-4-9-6-10(14)13(11(15)7-9)19-8(2)16/h6-7H,3H2,1-2H3. The Morgan fingerprint density at radius 1 is 1.26 bits per heavy atom. The number of halogens is 2. The topological polar surface area (TPSA) is 52.6 Å². The van der Waals surface area contributed by atoms with Gasteiger partial charge in [-0.05, 0) is 50.9 Å². The molecule has 0 unspecified atom stereocenters. The Bertz CT molecular complexity index is 547. The maximum atomic E-state index is 11.1. The zero-order chi connectivity index (χ0) is 14.4. The van der Waals surface area contributed by atoms with Crippen LogP contribution in [0.15, 0.2) is 21.1 Å². The third kappa shape index (κ3) is 5.05. The molecule has 1 rings (SSSR count). The van der Waals surface area contributed by atoms with Gasteiger partial charge in [-0.3, -0.25) is 4.79 Å². The monoisotopic (exact) mass is 388 g/mol. The molecule has 0 heterocycles. The van der Waals surface area contributed by atoms with E-state index in [9.17, 15) is 9.59 Å². The first-order chi connectivity index (χ1) is 8.93. The van der Waals surface area contributed by atoms with E-state index in [-0.39, 0.29) is 6.61 Å². The van der Waals surface area contributed by atoms with Gasteiger partial charge in [0.05, 0.1) is 15.6 Å². The second-order valence-electron chi connectivity index (χ2n) is 3.33. The minimum absolute atomic E-state index is 0.284. The third-order valence-electron chi connectivity index (χ3n) is 1.83. The summed E-state index contributed by atoms with van der Waals surface area (Å²) in [7, 11) is 0. The van der Waals surface area contributed by atoms with Crippen molar-refractivity contribution in [2.24, 2.45) is 0 Å². The Labute approximate surface area is 127 Å². The fourth-order valence-electron chi connectivity index (χ4n) is 1.16. The summed E-state index contributed by atoms with van der Waals surface area (Å²) in [4.78, 5) is 22.0. The maximum absolute atomic E-state index is 11.1. The number of benzene rings is 1. The Kier molecular flexibility index (Phi) is 6.06. The molecular weight excluding hydrogens is 380 g/mol. The first-order valence-corrected chi connectivity index (χ1v) is 6.89. The zero-order valence-electron chi connectivity index (χ0n) is 10.3. The SMILES string of the molecule is CCOC(=O)C#Cc1cc(Br)c(OC(C)=O)c(Br)c1. The van der Waals surface area contributed by atoms with E-state index in [4.69, 9.17) is 9.47 Å². The Morgan fingerprint density at radius 2 is 1.84 bits per heavy atom. The number of hydrogen-bond acceptors (Lipinski definition) is 4. The lowest BCUT2D eigenvalue weighted by atomic mass is 10.2. The predicted octanol–water partition coefficient (Wildman–Crippen LogP) is 3.05. The number of ether oxygens (including phenoxy) is 2. The zero-order valence-corrected chi connectivity index (χ0v) is 13.4. The van der Waals surface area contributed by atoms with Gasteiger partial charge in [0, 0.05) is 18.4 Å². The normalized spacial score (nSPS) is 9.26. The smallest absolute Gasteiger partial charge is 0.384 e. The van der Waals surface area contributed by atoms with Crippen LogP contribution in [-0.4, -0.2) is 18.5 Å². The lowest BCUT2D eigenvalue weighted by Gasteiger charge is -2.07. The van der Waals surface area contributed by atoms with E-state index in [2.05, 4.69) is 43.7 Å². The number of carbonyl (C=O) groups excluding carboxylic acids is 2. The highest BCUT2D eigenvalue weighted by Crippen LogP contribution is 2.34. The van der Waals surface area contributed by atoms with Crippen LogP contribution in [0.4, 0.5) is 0 Å². The van der Waals surface area contributed by atoms with Crippen molar-refractivity contribution < 1.29 is 19.1 Å². The highest BCUT2D eigenvalue weighted by molar-refractivity contribution is 9.11. The van der Waals surface area contributed by atoms with Crippen molar-refractivity contribution in [3.8, 4) is 17.6 Å². The molecule has 0 bridgehead atoms. The number of hydrogen-bond donors (Lipinski definition) is 0. The molecule has 0 aromatic heterocycles. The average Bonchev–Trinajstić information content (AvgIpc) is 2.31. The fraction of sp³-hybridized carbons (Fsp3) is 0.231. The molecule has 0 spiro atoms. The third-order valence-corrected chi connectivity index (χ3v) is 3.01. The summed E-state index contributed by atoms with van der Waals surface area (Å²) >= 11 is 6.55. The molecule has 0 aliphatic rings. The molecule has 1 aromatic carbocycles. The minimum Gasteiger partial charge on any atom is -0.456 e. The van der Waals surface area contributed by atoms with Crippen LogP contribution < -0.4 is 4.74 Å². The highest BCUT2D eigenvalue weighted by Gasteiger charge is 2.10. The van der Waals surface area contributed by atoms with Gasteiger partial charge in [-0.15, -0.1) is 0 Å². The predicted molar refractivity (Wildman–Crippen MR) is 76.7 cm³/mol. The molecule has 4 nitrogen and oxygen atoms in total. The second-order valence-corrected chi connectivity index (χ2v) is 5.04. The van der Waals surface area contributed by atoms with Crippen LogP contribution in [0.1, 0.15) is 19.4 Å². The van der Waals surface area contributed by atoms with Crippen molar-refractivity contribution >= 4 is 43.8 Å². The van der Waals surface area contributed by atoms with E-state index in [0.717, 1.165) is 0 Å². The summed E-state index contributed by atoms with van der Waals surface area (Å²) in [5.74, 6) is 4.38. The first kappa shape index (κ1) is 15.7. The molecule has 100 valence electrons. The molecule has 0 radical (unpaired) electrons. The van der Waals surface area contributed by atoms with E-state index < -0.39 is 11.9 Å². The van der Waals surface area contributed by atoms with E-state index in [1.54, 1.807) is 19.1 Å². The molecule has 0 amide bonds. The molecule has 0 saturated heterocycles. The fourth-order valence-corrected chi connectivity index (χ4v) is 2.51. The van der Waals surface area contributed by atoms with Crippen molar-refractivity contribution in [3.63, 3.8) is 0 Å². The van der Waals surface area contributed by atoms with E-state index >= 15 is 0 Å². The Hall–Kier alpha value is -1.32. The summed E-state index contributed by atoms with van der Waals surface area (Å²) in [6, 6.07) is 3.30. The lowest BCUT2D eigenvalue weighted by molar-refractivity contribution is -0.136. The van der Waals surface area contributed by atoms with Crippen molar-refractivity contribution in [1.29, 1.82) is 0 Å². The summed E-state index contributed by atoms with van der Waals surface area (Å²) in [6.45, 7) is 3.31. The van der Waals surface area contributed by atoms with E-state index in [1.807, 2.05) is 0 Å². The highest BCUT2D eigenvalue weighted by atomic mass is 79.9. The van der Waals surface area contributed by atoms with Crippen LogP contribution in [0.3, 0.4) is 0 Å². The molecule has 0 N–H and O–H groups in total. The number of esters is 2. The summed E-state index contributed by atoms with van der Waals surface area (Å²) in [6.07, 6.45) is 0. The summed E-state index contributed by atoms with van der Waals surface area (Å²) in [5, 5.41) is 0. The number of rotatable bonds is 2. The van der Waals surface area contributed by atoms with Crippen molar-refractivity contribution in [2.75, 3.05) is 6.61 Å². The molecule has 6 heteroatoms. The van der Waals surface area contributed by atoms with E-state index in [0.29, 0.717) is 20.3 Å². The first-order valence-electron chi connectivity index (χ1n) is 5.30. The summed E-state index contributed by atoms with van der Waals surface area (Å²) < 4.78 is 10.8.